The zero-order valence-corrected chi connectivity index (χ0v) is 23.4. The molecule has 37 heavy (non-hydrogen) atoms. The van der Waals surface area contributed by atoms with Crippen molar-refractivity contribution in [2.45, 2.75) is 77.4 Å². The Bertz CT molecular complexity index is 1040. The molecular weight excluding hydrogens is 488 g/mol. The van der Waals surface area contributed by atoms with Gasteiger partial charge >= 0.3 is 0 Å². The highest BCUT2D eigenvalue weighted by Gasteiger charge is 2.37. The number of ether oxygens (including phenoxy) is 3. The van der Waals surface area contributed by atoms with Crippen LogP contribution in [0.5, 0.6) is 11.5 Å². The van der Waals surface area contributed by atoms with Gasteiger partial charge in [-0.2, -0.15) is 0 Å². The van der Waals surface area contributed by atoms with Crippen LogP contribution in [0.3, 0.4) is 0 Å². The monoisotopic (exact) mass is 528 g/mol. The predicted molar refractivity (Wildman–Crippen MR) is 149 cm³/mol. The van der Waals surface area contributed by atoms with E-state index in [1.807, 2.05) is 0 Å². The number of aliphatic hydroxyl groups is 2. The molecule has 3 rings (SSSR count). The standard InChI is InChI=1S/C31H41ClO5/c1-6-12-35-18-28(34)20-37-30-23(4)15-26(16-24(30)5)31(10-8-7-9-11-31)25-13-21(2)29(22(3)14-25)36-19-27(33)17-32/h1,13-16,27-28,33-34H,7-12,17-20H2,2-5H3/t27-,28-/m1/s1. The van der Waals surface area contributed by atoms with Crippen LogP contribution in [-0.4, -0.2) is 54.7 Å². The number of alkyl halides is 1. The van der Waals surface area contributed by atoms with Crippen LogP contribution in [-0.2, 0) is 10.2 Å². The van der Waals surface area contributed by atoms with Crippen molar-refractivity contribution in [3.05, 3.63) is 57.6 Å². The summed E-state index contributed by atoms with van der Waals surface area (Å²) < 4.78 is 17.2. The lowest BCUT2D eigenvalue weighted by Crippen LogP contribution is -2.31. The van der Waals surface area contributed by atoms with E-state index in [1.165, 1.54) is 30.4 Å². The molecule has 0 radical (unpaired) electrons. The average Bonchev–Trinajstić information content (AvgIpc) is 2.87. The van der Waals surface area contributed by atoms with Crippen molar-refractivity contribution in [3.63, 3.8) is 0 Å². The molecule has 2 N–H and O–H groups in total. The molecule has 1 aliphatic rings. The molecule has 2 aromatic carbocycles. The molecule has 0 amide bonds. The predicted octanol–water partition coefficient (Wildman–Crippen LogP) is 5.54. The highest BCUT2D eigenvalue weighted by molar-refractivity contribution is 6.18. The fraction of sp³-hybridized carbons (Fsp3) is 0.548. The van der Waals surface area contributed by atoms with Gasteiger partial charge in [0, 0.05) is 5.41 Å². The van der Waals surface area contributed by atoms with E-state index in [1.54, 1.807) is 0 Å². The number of rotatable bonds is 12. The van der Waals surface area contributed by atoms with Gasteiger partial charge in [-0.3, -0.25) is 0 Å². The smallest absolute Gasteiger partial charge is 0.125 e. The molecule has 0 heterocycles. The first-order chi connectivity index (χ1) is 17.7. The van der Waals surface area contributed by atoms with Crippen LogP contribution in [0.1, 0.15) is 65.5 Å². The number of aliphatic hydroxyl groups excluding tert-OH is 2. The molecule has 1 saturated carbocycles. The topological polar surface area (TPSA) is 68.2 Å². The summed E-state index contributed by atoms with van der Waals surface area (Å²) in [7, 11) is 0. The van der Waals surface area contributed by atoms with Gasteiger partial charge in [-0.25, -0.2) is 0 Å². The maximum Gasteiger partial charge on any atom is 0.125 e. The minimum atomic E-state index is -0.742. The first kappa shape index (κ1) is 29.3. The summed E-state index contributed by atoms with van der Waals surface area (Å²) in [6.45, 7) is 8.93. The molecule has 1 aliphatic carbocycles. The van der Waals surface area contributed by atoms with Gasteiger partial charge < -0.3 is 24.4 Å². The van der Waals surface area contributed by atoms with Gasteiger partial charge in [-0.05, 0) is 73.9 Å². The summed E-state index contributed by atoms with van der Waals surface area (Å²) in [5.41, 5.74) is 6.77. The van der Waals surface area contributed by atoms with E-state index >= 15 is 0 Å². The quantitative estimate of drug-likeness (QED) is 0.215. The third-order valence-electron chi connectivity index (χ3n) is 7.25. The Morgan fingerprint density at radius 2 is 1.27 bits per heavy atom. The number of terminal acetylenes is 1. The largest absolute Gasteiger partial charge is 0.490 e. The average molecular weight is 529 g/mol. The molecule has 2 aromatic rings. The van der Waals surface area contributed by atoms with Crippen molar-refractivity contribution in [2.75, 3.05) is 32.3 Å². The van der Waals surface area contributed by atoms with Crippen molar-refractivity contribution < 1.29 is 24.4 Å². The number of aryl methyl sites for hydroxylation is 4. The molecule has 6 heteroatoms. The van der Waals surface area contributed by atoms with Crippen molar-refractivity contribution in [1.29, 1.82) is 0 Å². The Labute approximate surface area is 227 Å². The lowest BCUT2D eigenvalue weighted by atomic mass is 9.64. The van der Waals surface area contributed by atoms with Crippen LogP contribution in [0.2, 0.25) is 0 Å². The normalized spacial score (nSPS) is 16.6. The van der Waals surface area contributed by atoms with Crippen LogP contribution >= 0.6 is 11.6 Å². The van der Waals surface area contributed by atoms with Crippen molar-refractivity contribution in [3.8, 4) is 23.8 Å². The maximum atomic E-state index is 10.2. The zero-order valence-electron chi connectivity index (χ0n) is 22.6. The summed E-state index contributed by atoms with van der Waals surface area (Å²) >= 11 is 5.74. The Kier molecular flexibility index (Phi) is 10.7. The van der Waals surface area contributed by atoms with Crippen molar-refractivity contribution in [1.82, 2.24) is 0 Å². The molecule has 0 spiro atoms. The second-order valence-electron chi connectivity index (χ2n) is 10.3. The molecule has 0 aliphatic heterocycles. The Hall–Kier alpha value is -2.23. The van der Waals surface area contributed by atoms with Gasteiger partial charge in [0.25, 0.3) is 0 Å². The molecule has 0 unspecified atom stereocenters. The summed E-state index contributed by atoms with van der Waals surface area (Å²) in [6.07, 6.45) is 9.54. The maximum absolute atomic E-state index is 10.2. The number of hydrogen-bond donors (Lipinski definition) is 2. The van der Waals surface area contributed by atoms with E-state index in [-0.39, 0.29) is 37.7 Å². The molecule has 2 atom stereocenters. The fourth-order valence-corrected chi connectivity index (χ4v) is 5.60. The number of benzene rings is 2. The first-order valence-corrected chi connectivity index (χ1v) is 13.7. The highest BCUT2D eigenvalue weighted by Crippen LogP contribution is 2.47. The van der Waals surface area contributed by atoms with E-state index in [9.17, 15) is 10.2 Å². The minimum Gasteiger partial charge on any atom is -0.490 e. The van der Waals surface area contributed by atoms with Gasteiger partial charge in [-0.1, -0.05) is 49.4 Å². The van der Waals surface area contributed by atoms with Crippen LogP contribution in [0, 0.1) is 40.0 Å². The van der Waals surface area contributed by atoms with E-state index in [4.69, 9.17) is 32.2 Å². The van der Waals surface area contributed by atoms with E-state index in [0.717, 1.165) is 46.6 Å². The molecule has 0 bridgehead atoms. The SMILES string of the molecule is C#CCOC[C@@H](O)COc1c(C)cc(C2(c3cc(C)c(OC[C@H](O)CCl)c(C)c3)CCCCC2)cc1C. The van der Waals surface area contributed by atoms with Crippen molar-refractivity contribution >= 4 is 11.6 Å². The Balaban J connectivity index is 1.90. The summed E-state index contributed by atoms with van der Waals surface area (Å²) in [6, 6.07) is 9.01. The lowest BCUT2D eigenvalue weighted by Gasteiger charge is -2.40. The Morgan fingerprint density at radius 1 is 0.811 bits per heavy atom. The van der Waals surface area contributed by atoms with Crippen LogP contribution in [0.15, 0.2) is 24.3 Å². The second kappa shape index (κ2) is 13.5. The van der Waals surface area contributed by atoms with Gasteiger partial charge in [0.05, 0.1) is 12.5 Å². The summed E-state index contributed by atoms with van der Waals surface area (Å²) in [4.78, 5) is 0. The summed E-state index contributed by atoms with van der Waals surface area (Å²) in [5.74, 6) is 4.17. The second-order valence-corrected chi connectivity index (χ2v) is 10.6. The first-order valence-electron chi connectivity index (χ1n) is 13.1. The zero-order chi connectivity index (χ0) is 27.0. The van der Waals surface area contributed by atoms with Gasteiger partial charge in [0.15, 0.2) is 0 Å². The molecular formula is C31H41ClO5. The van der Waals surface area contributed by atoms with Crippen LogP contribution < -0.4 is 9.47 Å². The van der Waals surface area contributed by atoms with Gasteiger partial charge in [0.2, 0.25) is 0 Å². The van der Waals surface area contributed by atoms with E-state index in [2.05, 4.69) is 57.9 Å². The van der Waals surface area contributed by atoms with Gasteiger partial charge in [0.1, 0.15) is 43.5 Å². The van der Waals surface area contributed by atoms with Crippen molar-refractivity contribution in [2.24, 2.45) is 0 Å². The van der Waals surface area contributed by atoms with E-state index in [0.29, 0.717) is 0 Å². The highest BCUT2D eigenvalue weighted by atomic mass is 35.5. The molecule has 202 valence electrons. The molecule has 1 fully saturated rings. The number of hydrogen-bond acceptors (Lipinski definition) is 5. The lowest BCUT2D eigenvalue weighted by molar-refractivity contribution is 0.0226. The number of halogens is 1. The van der Waals surface area contributed by atoms with Gasteiger partial charge in [-0.15, -0.1) is 18.0 Å². The van der Waals surface area contributed by atoms with Crippen LogP contribution in [0.25, 0.3) is 0 Å². The third-order valence-corrected chi connectivity index (χ3v) is 7.60. The van der Waals surface area contributed by atoms with Crippen LogP contribution in [0.4, 0.5) is 0 Å². The molecule has 0 saturated heterocycles. The Morgan fingerprint density at radius 3 is 1.70 bits per heavy atom. The minimum absolute atomic E-state index is 0.0847. The molecule has 5 nitrogen and oxygen atoms in total. The summed E-state index contributed by atoms with van der Waals surface area (Å²) in [5, 5.41) is 20.0. The van der Waals surface area contributed by atoms with E-state index < -0.39 is 12.2 Å². The fourth-order valence-electron chi connectivity index (χ4n) is 5.51. The molecule has 0 aromatic heterocycles. The third kappa shape index (κ3) is 7.21.